The number of aromatic nitrogens is 2. The number of rotatable bonds is 4. The second kappa shape index (κ2) is 6.00. The number of hydrogen-bond acceptors (Lipinski definition) is 5. The third kappa shape index (κ3) is 3.25. The molecule has 0 saturated heterocycles. The van der Waals surface area contributed by atoms with Gasteiger partial charge in [-0.2, -0.15) is 13.2 Å². The predicted octanol–water partition coefficient (Wildman–Crippen LogP) is 3.49. The Morgan fingerprint density at radius 1 is 1.46 bits per heavy atom. The number of carbonyl (C=O) groups is 1. The first kappa shape index (κ1) is 17.5. The second-order valence-corrected chi connectivity index (χ2v) is 4.81. The van der Waals surface area contributed by atoms with Crippen LogP contribution in [-0.4, -0.2) is 25.8 Å². The molecular formula is C12H7ClF3N3O5. The molecule has 0 atom stereocenters. The van der Waals surface area contributed by atoms with Crippen molar-refractivity contribution >= 4 is 23.3 Å². The molecule has 0 spiro atoms. The van der Waals surface area contributed by atoms with Gasteiger partial charge in [0.15, 0.2) is 5.69 Å². The van der Waals surface area contributed by atoms with Gasteiger partial charge < -0.3 is 9.84 Å². The molecule has 24 heavy (non-hydrogen) atoms. The highest BCUT2D eigenvalue weighted by atomic mass is 35.5. The molecule has 1 N–H and O–H groups in total. The Morgan fingerprint density at radius 3 is 2.54 bits per heavy atom. The van der Waals surface area contributed by atoms with Gasteiger partial charge in [-0.05, 0) is 6.07 Å². The van der Waals surface area contributed by atoms with Gasteiger partial charge in [-0.15, -0.1) is 5.10 Å². The van der Waals surface area contributed by atoms with Crippen molar-refractivity contribution in [1.29, 1.82) is 0 Å². The van der Waals surface area contributed by atoms with Gasteiger partial charge in [-0.25, -0.2) is 4.79 Å². The number of hydrogen-bond donors (Lipinski definition) is 1. The fourth-order valence-corrected chi connectivity index (χ4v) is 2.17. The maximum absolute atomic E-state index is 12.8. The van der Waals surface area contributed by atoms with Crippen LogP contribution >= 0.6 is 11.6 Å². The van der Waals surface area contributed by atoms with Gasteiger partial charge in [0.2, 0.25) is 0 Å². The summed E-state index contributed by atoms with van der Waals surface area (Å²) in [4.78, 5) is 20.9. The third-order valence-corrected chi connectivity index (χ3v) is 3.18. The van der Waals surface area contributed by atoms with Gasteiger partial charge in [-0.3, -0.25) is 14.8 Å². The fourth-order valence-electron chi connectivity index (χ4n) is 1.87. The summed E-state index contributed by atoms with van der Waals surface area (Å²) < 4.78 is 44.0. The molecule has 2 rings (SSSR count). The number of nitrogens with zero attached hydrogens (tertiary/aromatic N) is 3. The Labute approximate surface area is 136 Å². The van der Waals surface area contributed by atoms with Crippen LogP contribution in [-0.2, 0) is 13.2 Å². The lowest BCUT2D eigenvalue weighted by molar-refractivity contribution is -0.385. The zero-order chi connectivity index (χ0) is 18.2. The number of benzene rings is 1. The van der Waals surface area contributed by atoms with Crippen LogP contribution < -0.4 is 4.74 Å². The van der Waals surface area contributed by atoms with Crippen LogP contribution in [0.3, 0.4) is 0 Å². The van der Waals surface area contributed by atoms with Crippen LogP contribution in [0.5, 0.6) is 11.6 Å². The van der Waals surface area contributed by atoms with E-state index in [-0.39, 0.29) is 5.75 Å². The summed E-state index contributed by atoms with van der Waals surface area (Å²) >= 11 is 5.60. The lowest BCUT2D eigenvalue weighted by Crippen LogP contribution is -2.12. The summed E-state index contributed by atoms with van der Waals surface area (Å²) in [5.74, 6) is -2.49. The summed E-state index contributed by atoms with van der Waals surface area (Å²) in [6, 6.07) is 2.65. The van der Waals surface area contributed by atoms with Gasteiger partial charge in [0.05, 0.1) is 4.92 Å². The normalized spacial score (nSPS) is 11.4. The van der Waals surface area contributed by atoms with Crippen LogP contribution in [0.15, 0.2) is 18.2 Å². The topological polar surface area (TPSA) is 107 Å². The van der Waals surface area contributed by atoms with Crippen molar-refractivity contribution in [2.45, 2.75) is 6.18 Å². The highest BCUT2D eigenvalue weighted by Crippen LogP contribution is 2.40. The molecule has 128 valence electrons. The number of nitro groups is 1. The van der Waals surface area contributed by atoms with Crippen molar-refractivity contribution in [1.82, 2.24) is 9.78 Å². The molecule has 0 unspecified atom stereocenters. The van der Waals surface area contributed by atoms with Gasteiger partial charge in [-0.1, -0.05) is 11.6 Å². The Morgan fingerprint density at radius 2 is 2.08 bits per heavy atom. The number of aryl methyl sites for hydroxylation is 1. The summed E-state index contributed by atoms with van der Waals surface area (Å²) in [6.45, 7) is 0. The number of alkyl halides is 3. The van der Waals surface area contributed by atoms with Crippen molar-refractivity contribution in [2.24, 2.45) is 7.05 Å². The Hall–Kier alpha value is -2.82. The largest absolute Gasteiger partial charge is 0.477 e. The van der Waals surface area contributed by atoms with Crippen LogP contribution in [0, 0.1) is 10.1 Å². The van der Waals surface area contributed by atoms with Crippen LogP contribution in [0.1, 0.15) is 16.1 Å². The molecule has 0 fully saturated rings. The molecular weight excluding hydrogens is 359 g/mol. The van der Waals surface area contributed by atoms with Crippen molar-refractivity contribution in [3.05, 3.63) is 44.6 Å². The van der Waals surface area contributed by atoms with E-state index < -0.39 is 44.9 Å². The summed E-state index contributed by atoms with van der Waals surface area (Å²) in [7, 11) is 1.00. The van der Waals surface area contributed by atoms with Gasteiger partial charge in [0, 0.05) is 19.2 Å². The quantitative estimate of drug-likeness (QED) is 0.656. The van der Waals surface area contributed by atoms with Gasteiger partial charge in [0.1, 0.15) is 16.3 Å². The average molecular weight is 366 g/mol. The van der Waals surface area contributed by atoms with Gasteiger partial charge >= 0.3 is 12.1 Å². The smallest absolute Gasteiger partial charge is 0.434 e. The molecule has 12 heteroatoms. The maximum Gasteiger partial charge on any atom is 0.434 e. The highest BCUT2D eigenvalue weighted by Gasteiger charge is 2.39. The molecule has 2 aromatic rings. The molecule has 0 aliphatic carbocycles. The molecule has 0 aliphatic heterocycles. The van der Waals surface area contributed by atoms with Crippen LogP contribution in [0.25, 0.3) is 0 Å². The molecule has 0 saturated carbocycles. The molecule has 0 bridgehead atoms. The molecule has 0 amide bonds. The molecule has 1 heterocycles. The van der Waals surface area contributed by atoms with Gasteiger partial charge in [0.25, 0.3) is 11.6 Å². The maximum atomic E-state index is 12.8. The lowest BCUT2D eigenvalue weighted by Gasteiger charge is -2.06. The SMILES string of the molecule is Cn1nc(Oc2ccc([N+](=O)[O-])c(C(=O)O)c2)c(Cl)c1C(F)(F)F. The fraction of sp³-hybridized carbons (Fsp3) is 0.167. The summed E-state index contributed by atoms with van der Waals surface area (Å²) in [5, 5.41) is 22.4. The van der Waals surface area contributed by atoms with Crippen molar-refractivity contribution in [3.63, 3.8) is 0 Å². The molecule has 0 aliphatic rings. The number of halogens is 4. The first-order chi connectivity index (χ1) is 11.0. The lowest BCUT2D eigenvalue weighted by atomic mass is 10.1. The van der Waals surface area contributed by atoms with E-state index in [1.807, 2.05) is 0 Å². The molecule has 0 radical (unpaired) electrons. The van der Waals surface area contributed by atoms with E-state index in [0.29, 0.717) is 4.68 Å². The molecule has 1 aromatic heterocycles. The monoisotopic (exact) mass is 365 g/mol. The van der Waals surface area contributed by atoms with E-state index >= 15 is 0 Å². The minimum atomic E-state index is -4.78. The number of carboxylic acid groups (broad SMARTS) is 1. The zero-order valence-electron chi connectivity index (χ0n) is 11.7. The number of carboxylic acids is 1. The minimum Gasteiger partial charge on any atom is -0.477 e. The van der Waals surface area contributed by atoms with E-state index in [1.165, 1.54) is 0 Å². The Bertz CT molecular complexity index is 834. The van der Waals surface area contributed by atoms with Crippen molar-refractivity contribution in [3.8, 4) is 11.6 Å². The average Bonchev–Trinajstić information content (AvgIpc) is 2.72. The number of aromatic carboxylic acids is 1. The van der Waals surface area contributed by atoms with Crippen molar-refractivity contribution in [2.75, 3.05) is 0 Å². The zero-order valence-corrected chi connectivity index (χ0v) is 12.4. The first-order valence-corrected chi connectivity index (χ1v) is 6.39. The number of ether oxygens (including phenoxy) is 1. The van der Waals surface area contributed by atoms with E-state index in [4.69, 9.17) is 21.4 Å². The van der Waals surface area contributed by atoms with Crippen molar-refractivity contribution < 1.29 is 32.7 Å². The summed E-state index contributed by atoms with van der Waals surface area (Å²) in [5.41, 5.74) is -2.64. The highest BCUT2D eigenvalue weighted by molar-refractivity contribution is 6.32. The predicted molar refractivity (Wildman–Crippen MR) is 73.3 cm³/mol. The van der Waals surface area contributed by atoms with E-state index in [2.05, 4.69) is 5.10 Å². The van der Waals surface area contributed by atoms with Crippen LogP contribution in [0.2, 0.25) is 5.02 Å². The van der Waals surface area contributed by atoms with E-state index in [0.717, 1.165) is 25.2 Å². The summed E-state index contributed by atoms with van der Waals surface area (Å²) in [6.07, 6.45) is -4.78. The minimum absolute atomic E-state index is 0.272. The Kier molecular flexibility index (Phi) is 4.38. The van der Waals surface area contributed by atoms with E-state index in [1.54, 1.807) is 0 Å². The molecule has 1 aromatic carbocycles. The second-order valence-electron chi connectivity index (χ2n) is 4.43. The Balaban J connectivity index is 2.45. The standard InChI is InChI=1S/C12H7ClF3N3O5/c1-18-9(12(14,15)16)8(13)10(17-18)24-5-2-3-7(19(22)23)6(4-5)11(20)21/h2-4H,1H3,(H,20,21). The van der Waals surface area contributed by atoms with Crippen LogP contribution in [0.4, 0.5) is 18.9 Å². The third-order valence-electron chi connectivity index (χ3n) is 2.84. The first-order valence-electron chi connectivity index (χ1n) is 6.01. The molecule has 8 nitrogen and oxygen atoms in total. The van der Waals surface area contributed by atoms with E-state index in [9.17, 15) is 28.1 Å². The number of nitro benzene ring substituents is 1.